The number of nitrogens with one attached hydrogen (secondary N) is 2. The van der Waals surface area contributed by atoms with E-state index in [9.17, 15) is 4.79 Å². The molecule has 0 aliphatic rings. The third-order valence-corrected chi connectivity index (χ3v) is 4.08. The summed E-state index contributed by atoms with van der Waals surface area (Å²) < 4.78 is 7.12. The van der Waals surface area contributed by atoms with Gasteiger partial charge < -0.3 is 15.0 Å². The third-order valence-electron chi connectivity index (χ3n) is 4.08. The first-order valence-electron chi connectivity index (χ1n) is 7.61. The summed E-state index contributed by atoms with van der Waals surface area (Å²) in [5.74, 6) is 0.625. The Balaban J connectivity index is 1.59. The minimum atomic E-state index is -0.159. The van der Waals surface area contributed by atoms with Crippen molar-refractivity contribution in [2.75, 3.05) is 7.11 Å². The normalized spacial score (nSPS) is 11.0. The number of pyridine rings is 1. The van der Waals surface area contributed by atoms with Crippen LogP contribution in [-0.4, -0.2) is 27.4 Å². The second-order valence-corrected chi connectivity index (χ2v) is 5.45. The number of ether oxygens (including phenoxy) is 1. The van der Waals surface area contributed by atoms with E-state index in [1.165, 1.54) is 0 Å². The lowest BCUT2D eigenvalue weighted by Crippen LogP contribution is -2.24. The van der Waals surface area contributed by atoms with Crippen LogP contribution in [0.1, 0.15) is 16.1 Å². The van der Waals surface area contributed by atoms with Crippen LogP contribution in [0.5, 0.6) is 5.75 Å². The van der Waals surface area contributed by atoms with E-state index in [1.54, 1.807) is 17.7 Å². The number of aromatic nitrogens is 3. The van der Waals surface area contributed by atoms with Crippen molar-refractivity contribution >= 4 is 22.5 Å². The first kappa shape index (κ1) is 14.3. The number of methoxy groups -OCH3 is 1. The number of carbonyl (C=O) groups excluding carboxylic acids is 1. The Kier molecular flexibility index (Phi) is 3.42. The number of imidazole rings is 1. The van der Waals surface area contributed by atoms with Gasteiger partial charge in [-0.25, -0.2) is 4.98 Å². The maximum Gasteiger partial charge on any atom is 0.270 e. The number of benzene rings is 1. The van der Waals surface area contributed by atoms with Gasteiger partial charge in [0.2, 0.25) is 0 Å². The smallest absolute Gasteiger partial charge is 0.270 e. The average Bonchev–Trinajstić information content (AvgIpc) is 3.26. The first-order valence-corrected chi connectivity index (χ1v) is 7.61. The number of hydrogen-bond acceptors (Lipinski definition) is 3. The highest BCUT2D eigenvalue weighted by molar-refractivity contribution is 5.94. The minimum Gasteiger partial charge on any atom is -0.495 e. The van der Waals surface area contributed by atoms with Crippen LogP contribution in [0.25, 0.3) is 16.6 Å². The van der Waals surface area contributed by atoms with Gasteiger partial charge in [0.05, 0.1) is 18.8 Å². The lowest BCUT2D eigenvalue weighted by molar-refractivity contribution is 0.0945. The summed E-state index contributed by atoms with van der Waals surface area (Å²) in [5, 5.41) is 3.99. The molecule has 0 saturated heterocycles. The van der Waals surface area contributed by atoms with Crippen LogP contribution in [-0.2, 0) is 6.54 Å². The molecule has 0 unspecified atom stereocenters. The van der Waals surface area contributed by atoms with Crippen LogP contribution in [0.4, 0.5) is 0 Å². The SMILES string of the molecule is COc1ccc(CNC(=O)c2cnc3ccccn23)c2cc[nH]c12. The molecule has 2 N–H and O–H groups in total. The molecule has 4 rings (SSSR count). The van der Waals surface area contributed by atoms with Gasteiger partial charge in [0, 0.05) is 24.3 Å². The summed E-state index contributed by atoms with van der Waals surface area (Å²) in [6, 6.07) is 11.5. The van der Waals surface area contributed by atoms with Crippen molar-refractivity contribution in [3.63, 3.8) is 0 Å². The predicted molar refractivity (Wildman–Crippen MR) is 91.2 cm³/mol. The standard InChI is InChI=1S/C18H16N4O2/c1-24-15-6-5-12(13-7-8-19-17(13)15)10-21-18(23)14-11-20-16-4-2-3-9-22(14)16/h2-9,11,19H,10H2,1H3,(H,21,23). The molecule has 0 aliphatic carbocycles. The number of hydrogen-bond donors (Lipinski definition) is 2. The fraction of sp³-hybridized carbons (Fsp3) is 0.111. The number of nitrogens with zero attached hydrogens (tertiary/aromatic N) is 2. The molecular formula is C18H16N4O2. The van der Waals surface area contributed by atoms with Gasteiger partial charge in [0.25, 0.3) is 5.91 Å². The zero-order valence-corrected chi connectivity index (χ0v) is 13.1. The molecule has 120 valence electrons. The van der Waals surface area contributed by atoms with Crippen molar-refractivity contribution in [2.45, 2.75) is 6.54 Å². The predicted octanol–water partition coefficient (Wildman–Crippen LogP) is 2.75. The number of H-pyrrole nitrogens is 1. The van der Waals surface area contributed by atoms with Crippen LogP contribution in [0.2, 0.25) is 0 Å². The molecule has 0 fully saturated rings. The van der Waals surface area contributed by atoms with Crippen molar-refractivity contribution in [1.82, 2.24) is 19.7 Å². The molecule has 4 aromatic rings. The minimum absolute atomic E-state index is 0.159. The van der Waals surface area contributed by atoms with Crippen molar-refractivity contribution in [2.24, 2.45) is 0 Å². The highest BCUT2D eigenvalue weighted by Crippen LogP contribution is 2.27. The van der Waals surface area contributed by atoms with Crippen LogP contribution >= 0.6 is 0 Å². The van der Waals surface area contributed by atoms with Crippen molar-refractivity contribution in [3.8, 4) is 5.75 Å². The number of carbonyl (C=O) groups is 1. The van der Waals surface area contributed by atoms with Crippen LogP contribution < -0.4 is 10.1 Å². The summed E-state index contributed by atoms with van der Waals surface area (Å²) >= 11 is 0. The van der Waals surface area contributed by atoms with E-state index in [0.717, 1.165) is 27.9 Å². The molecule has 0 spiro atoms. The van der Waals surface area contributed by atoms with Crippen molar-refractivity contribution in [3.05, 3.63) is 66.2 Å². The van der Waals surface area contributed by atoms with Gasteiger partial charge in [0.1, 0.15) is 17.1 Å². The molecule has 0 saturated carbocycles. The van der Waals surface area contributed by atoms with E-state index in [1.807, 2.05) is 48.8 Å². The molecule has 3 aromatic heterocycles. The molecule has 1 aromatic carbocycles. The Hall–Kier alpha value is -3.28. The molecule has 0 aliphatic heterocycles. The third kappa shape index (κ3) is 2.28. The molecule has 1 amide bonds. The second-order valence-electron chi connectivity index (χ2n) is 5.45. The maximum atomic E-state index is 12.5. The second kappa shape index (κ2) is 5.73. The highest BCUT2D eigenvalue weighted by Gasteiger charge is 2.13. The van der Waals surface area contributed by atoms with Crippen LogP contribution in [0, 0.1) is 0 Å². The Bertz CT molecular complexity index is 1030. The van der Waals surface area contributed by atoms with Gasteiger partial charge in [-0.2, -0.15) is 0 Å². The maximum absolute atomic E-state index is 12.5. The van der Waals surface area contributed by atoms with Crippen LogP contribution in [0.15, 0.2) is 55.0 Å². The first-order chi connectivity index (χ1) is 11.8. The van der Waals surface area contributed by atoms with E-state index in [4.69, 9.17) is 4.74 Å². The van der Waals surface area contributed by atoms with Crippen LogP contribution in [0.3, 0.4) is 0 Å². The molecule has 6 heteroatoms. The summed E-state index contributed by atoms with van der Waals surface area (Å²) in [5.41, 5.74) is 3.22. The largest absolute Gasteiger partial charge is 0.495 e. The topological polar surface area (TPSA) is 71.4 Å². The van der Waals surface area contributed by atoms with E-state index in [-0.39, 0.29) is 5.91 Å². The lowest BCUT2D eigenvalue weighted by atomic mass is 10.1. The van der Waals surface area contributed by atoms with E-state index < -0.39 is 0 Å². The Labute approximate surface area is 138 Å². The Morgan fingerprint density at radius 3 is 3.08 bits per heavy atom. The quantitative estimate of drug-likeness (QED) is 0.607. The summed E-state index contributed by atoms with van der Waals surface area (Å²) in [4.78, 5) is 19.9. The molecular weight excluding hydrogens is 304 g/mol. The average molecular weight is 320 g/mol. The van der Waals surface area contributed by atoms with Gasteiger partial charge in [-0.15, -0.1) is 0 Å². The molecule has 24 heavy (non-hydrogen) atoms. The summed E-state index contributed by atoms with van der Waals surface area (Å²) in [7, 11) is 1.64. The van der Waals surface area contributed by atoms with Gasteiger partial charge >= 0.3 is 0 Å². The fourth-order valence-corrected chi connectivity index (χ4v) is 2.88. The monoisotopic (exact) mass is 320 g/mol. The summed E-state index contributed by atoms with van der Waals surface area (Å²) in [6.45, 7) is 0.428. The lowest BCUT2D eigenvalue weighted by Gasteiger charge is -2.09. The van der Waals surface area contributed by atoms with Gasteiger partial charge in [0.15, 0.2) is 0 Å². The van der Waals surface area contributed by atoms with Gasteiger partial charge in [-0.1, -0.05) is 12.1 Å². The zero-order chi connectivity index (χ0) is 16.5. The number of rotatable bonds is 4. The van der Waals surface area contributed by atoms with Crippen molar-refractivity contribution < 1.29 is 9.53 Å². The van der Waals surface area contributed by atoms with Gasteiger partial charge in [-0.3, -0.25) is 9.20 Å². The molecule has 0 radical (unpaired) electrons. The molecule has 0 bridgehead atoms. The fourth-order valence-electron chi connectivity index (χ4n) is 2.88. The van der Waals surface area contributed by atoms with Crippen molar-refractivity contribution in [1.29, 1.82) is 0 Å². The van der Waals surface area contributed by atoms with E-state index in [2.05, 4.69) is 15.3 Å². The summed E-state index contributed by atoms with van der Waals surface area (Å²) in [6.07, 6.45) is 5.28. The molecule has 3 heterocycles. The van der Waals surface area contributed by atoms with E-state index in [0.29, 0.717) is 12.2 Å². The number of aromatic amines is 1. The van der Waals surface area contributed by atoms with Gasteiger partial charge in [-0.05, 0) is 29.8 Å². The van der Waals surface area contributed by atoms with E-state index >= 15 is 0 Å². The highest BCUT2D eigenvalue weighted by atomic mass is 16.5. The molecule has 6 nitrogen and oxygen atoms in total. The molecule has 0 atom stereocenters. The number of amides is 1. The Morgan fingerprint density at radius 2 is 2.21 bits per heavy atom. The zero-order valence-electron chi connectivity index (χ0n) is 13.1. The number of fused-ring (bicyclic) bond motifs is 2. The Morgan fingerprint density at radius 1 is 1.29 bits per heavy atom.